The van der Waals surface area contributed by atoms with Crippen LogP contribution < -0.4 is 5.32 Å². The number of pyridine rings is 1. The normalized spacial score (nSPS) is 11.3. The number of amidine groups is 1. The molecule has 2 rings (SSSR count). The predicted octanol–water partition coefficient (Wildman–Crippen LogP) is 3.31. The molecule has 1 aromatic carbocycles. The Kier molecular flexibility index (Phi) is 4.03. The summed E-state index contributed by atoms with van der Waals surface area (Å²) in [5, 5.41) is 13.1. The van der Waals surface area contributed by atoms with Crippen molar-refractivity contribution in [3.8, 4) is 6.19 Å². The molecule has 0 radical (unpaired) electrons. The van der Waals surface area contributed by atoms with Gasteiger partial charge in [-0.05, 0) is 24.5 Å². The Balaban J connectivity index is 2.50. The maximum Gasteiger partial charge on any atom is 0.183 e. The minimum absolute atomic E-state index is 0.525. The van der Waals surface area contributed by atoms with Gasteiger partial charge in [-0.3, -0.25) is 10.3 Å². The number of nitriles is 1. The number of rotatable bonds is 1. The van der Waals surface area contributed by atoms with Crippen molar-refractivity contribution in [2.24, 2.45) is 4.99 Å². The number of fused-ring (bicyclic) bond motifs is 1. The fraction of sp³-hybridized carbons (Fsp3) is 0.0833. The van der Waals surface area contributed by atoms with Crippen LogP contribution in [-0.4, -0.2) is 16.4 Å². The van der Waals surface area contributed by atoms with Gasteiger partial charge in [-0.2, -0.15) is 5.26 Å². The van der Waals surface area contributed by atoms with Crippen LogP contribution in [0.2, 0.25) is 5.02 Å². The highest BCUT2D eigenvalue weighted by Gasteiger charge is 2.03. The molecule has 0 aliphatic heterocycles. The first kappa shape index (κ1) is 12.7. The van der Waals surface area contributed by atoms with Crippen molar-refractivity contribution in [3.05, 3.63) is 35.5 Å². The van der Waals surface area contributed by atoms with Gasteiger partial charge in [0.2, 0.25) is 0 Å². The third kappa shape index (κ3) is 2.73. The summed E-state index contributed by atoms with van der Waals surface area (Å²) in [7, 11) is 0. The Labute approximate surface area is 114 Å². The highest BCUT2D eigenvalue weighted by atomic mass is 35.5. The zero-order valence-corrected chi connectivity index (χ0v) is 11.1. The highest BCUT2D eigenvalue weighted by molar-refractivity contribution is 8.13. The van der Waals surface area contributed by atoms with Crippen molar-refractivity contribution in [1.29, 1.82) is 5.26 Å². The van der Waals surface area contributed by atoms with Crippen molar-refractivity contribution in [1.82, 2.24) is 10.3 Å². The second-order valence-corrected chi connectivity index (χ2v) is 4.56. The molecule has 1 heterocycles. The van der Waals surface area contributed by atoms with Crippen molar-refractivity contribution in [2.75, 3.05) is 6.26 Å². The van der Waals surface area contributed by atoms with E-state index in [0.717, 1.165) is 10.9 Å². The third-order valence-corrected chi connectivity index (χ3v) is 3.10. The summed E-state index contributed by atoms with van der Waals surface area (Å²) < 4.78 is 0. The van der Waals surface area contributed by atoms with E-state index in [-0.39, 0.29) is 0 Å². The van der Waals surface area contributed by atoms with Gasteiger partial charge in [0, 0.05) is 11.6 Å². The van der Waals surface area contributed by atoms with Crippen molar-refractivity contribution in [3.63, 3.8) is 0 Å². The number of benzene rings is 1. The summed E-state index contributed by atoms with van der Waals surface area (Å²) in [5.41, 5.74) is 1.43. The minimum atomic E-state index is 0.525. The van der Waals surface area contributed by atoms with Crippen molar-refractivity contribution >= 4 is 45.1 Å². The maximum atomic E-state index is 8.58. The van der Waals surface area contributed by atoms with Gasteiger partial charge < -0.3 is 0 Å². The van der Waals surface area contributed by atoms with Gasteiger partial charge in [0.15, 0.2) is 11.4 Å². The number of hydrogen-bond donors (Lipinski definition) is 1. The van der Waals surface area contributed by atoms with E-state index in [0.29, 0.717) is 15.9 Å². The zero-order valence-electron chi connectivity index (χ0n) is 9.51. The zero-order chi connectivity index (χ0) is 13.0. The van der Waals surface area contributed by atoms with Crippen LogP contribution >= 0.6 is 23.4 Å². The quantitative estimate of drug-likeness (QED) is 0.376. The van der Waals surface area contributed by atoms with E-state index in [1.54, 1.807) is 12.3 Å². The predicted molar refractivity (Wildman–Crippen MR) is 76.1 cm³/mol. The van der Waals surface area contributed by atoms with Crippen LogP contribution in [0.3, 0.4) is 0 Å². The molecule has 0 aliphatic rings. The average Bonchev–Trinajstić information content (AvgIpc) is 2.38. The minimum Gasteiger partial charge on any atom is -0.271 e. The van der Waals surface area contributed by atoms with E-state index >= 15 is 0 Å². The van der Waals surface area contributed by atoms with Crippen LogP contribution in [0.4, 0.5) is 5.69 Å². The number of nitrogens with one attached hydrogen (secondary N) is 1. The van der Waals surface area contributed by atoms with E-state index < -0.39 is 0 Å². The van der Waals surface area contributed by atoms with Crippen molar-refractivity contribution < 1.29 is 0 Å². The topological polar surface area (TPSA) is 61.1 Å². The maximum absolute atomic E-state index is 8.58. The molecular weight excluding hydrogens is 268 g/mol. The van der Waals surface area contributed by atoms with E-state index in [4.69, 9.17) is 16.9 Å². The molecule has 0 unspecified atom stereocenters. The fourth-order valence-electron chi connectivity index (χ4n) is 1.49. The van der Waals surface area contributed by atoms with Crippen LogP contribution in [0.25, 0.3) is 10.9 Å². The summed E-state index contributed by atoms with van der Waals surface area (Å²) in [6, 6.07) is 7.37. The molecule has 1 N–H and O–H groups in total. The highest BCUT2D eigenvalue weighted by Crippen LogP contribution is 2.28. The molecule has 0 saturated carbocycles. The largest absolute Gasteiger partial charge is 0.271 e. The first-order valence-corrected chi connectivity index (χ1v) is 6.67. The van der Waals surface area contributed by atoms with Crippen LogP contribution in [0.5, 0.6) is 0 Å². The third-order valence-electron chi connectivity index (χ3n) is 2.23. The molecule has 0 amide bonds. The van der Waals surface area contributed by atoms with Gasteiger partial charge in [0.1, 0.15) is 0 Å². The Bertz CT molecular complexity index is 648. The number of hydrogen-bond acceptors (Lipinski definition) is 4. The van der Waals surface area contributed by atoms with E-state index in [1.807, 2.05) is 30.6 Å². The molecule has 2 aromatic rings. The molecule has 6 heteroatoms. The Morgan fingerprint density at radius 1 is 1.56 bits per heavy atom. The van der Waals surface area contributed by atoms with Gasteiger partial charge in [0.05, 0.1) is 16.2 Å². The summed E-state index contributed by atoms with van der Waals surface area (Å²) in [6.45, 7) is 0. The van der Waals surface area contributed by atoms with Crippen molar-refractivity contribution in [2.45, 2.75) is 0 Å². The van der Waals surface area contributed by atoms with Crippen LogP contribution in [0.15, 0.2) is 35.5 Å². The second-order valence-electron chi connectivity index (χ2n) is 3.36. The molecule has 0 spiro atoms. The molecule has 1 aromatic heterocycles. The number of nitrogens with zero attached hydrogens (tertiary/aromatic N) is 3. The lowest BCUT2D eigenvalue weighted by Gasteiger charge is -2.03. The lowest BCUT2D eigenvalue weighted by molar-refractivity contribution is 1.28. The molecule has 0 atom stereocenters. The lowest BCUT2D eigenvalue weighted by atomic mass is 10.2. The molecule has 0 fully saturated rings. The lowest BCUT2D eigenvalue weighted by Crippen LogP contribution is -2.12. The van der Waals surface area contributed by atoms with E-state index in [2.05, 4.69) is 15.3 Å². The van der Waals surface area contributed by atoms with Crippen LogP contribution in [-0.2, 0) is 0 Å². The number of halogens is 1. The fourth-order valence-corrected chi connectivity index (χ4v) is 2.10. The second kappa shape index (κ2) is 5.71. The SMILES string of the molecule is CSC(=Nc1cc(Cl)c2ncccc2c1)NC#N. The molecule has 90 valence electrons. The Morgan fingerprint density at radius 2 is 2.39 bits per heavy atom. The summed E-state index contributed by atoms with van der Waals surface area (Å²) in [4.78, 5) is 8.52. The Hall–Kier alpha value is -1.77. The standard InChI is InChI=1S/C12H9ClN4S/c1-18-12(16-7-14)17-9-5-8-3-2-4-15-11(8)10(13)6-9/h2-6H,1H3,(H,16,17). The van der Waals surface area contributed by atoms with Gasteiger partial charge in [-0.25, -0.2) is 4.99 Å². The molecule has 4 nitrogen and oxygen atoms in total. The summed E-state index contributed by atoms with van der Waals surface area (Å²) in [5.74, 6) is 0. The molecule has 0 saturated heterocycles. The van der Waals surface area contributed by atoms with E-state index in [9.17, 15) is 0 Å². The summed E-state index contributed by atoms with van der Waals surface area (Å²) >= 11 is 7.50. The molecule has 0 aliphatic carbocycles. The van der Waals surface area contributed by atoms with Crippen LogP contribution in [0, 0.1) is 11.5 Å². The van der Waals surface area contributed by atoms with E-state index in [1.165, 1.54) is 11.8 Å². The van der Waals surface area contributed by atoms with Gasteiger partial charge in [-0.15, -0.1) is 0 Å². The number of thioether (sulfide) groups is 1. The smallest absolute Gasteiger partial charge is 0.183 e. The van der Waals surface area contributed by atoms with Gasteiger partial charge in [0.25, 0.3) is 0 Å². The monoisotopic (exact) mass is 276 g/mol. The average molecular weight is 277 g/mol. The van der Waals surface area contributed by atoms with Gasteiger partial charge in [-0.1, -0.05) is 29.4 Å². The first-order valence-electron chi connectivity index (χ1n) is 5.06. The van der Waals surface area contributed by atoms with Crippen LogP contribution in [0.1, 0.15) is 0 Å². The Morgan fingerprint density at radius 3 is 3.11 bits per heavy atom. The number of aromatic nitrogens is 1. The summed E-state index contributed by atoms with van der Waals surface area (Å²) in [6.07, 6.45) is 5.38. The van der Waals surface area contributed by atoms with Gasteiger partial charge >= 0.3 is 0 Å². The molecule has 18 heavy (non-hydrogen) atoms. The number of aliphatic imine (C=N–C) groups is 1. The first-order chi connectivity index (χ1) is 8.74. The molecular formula is C12H9ClN4S. The molecule has 0 bridgehead atoms.